The second kappa shape index (κ2) is 7.69. The van der Waals surface area contributed by atoms with Crippen LogP contribution in [0.4, 0.5) is 26.3 Å². The lowest BCUT2D eigenvalue weighted by Gasteiger charge is -2.25. The van der Waals surface area contributed by atoms with Crippen molar-refractivity contribution in [2.45, 2.75) is 56.7 Å². The largest absolute Gasteiger partial charge is 0.466 e. The van der Waals surface area contributed by atoms with Gasteiger partial charge in [-0.05, 0) is 25.7 Å². The molecule has 1 aliphatic rings. The summed E-state index contributed by atoms with van der Waals surface area (Å²) in [5.41, 5.74) is 0. The molecule has 1 atom stereocenters. The molecule has 0 aliphatic heterocycles. The van der Waals surface area contributed by atoms with Gasteiger partial charge in [0.05, 0.1) is 0 Å². The van der Waals surface area contributed by atoms with Crippen molar-refractivity contribution >= 4 is 11.9 Å². The van der Waals surface area contributed by atoms with Crippen LogP contribution in [0, 0.1) is 0 Å². The minimum absolute atomic E-state index is 0.105. The summed E-state index contributed by atoms with van der Waals surface area (Å²) in [6, 6.07) is 0. The maximum atomic E-state index is 13.1. The van der Waals surface area contributed by atoms with E-state index in [4.69, 9.17) is 4.74 Å². The first-order valence-electron chi connectivity index (χ1n) is 6.71. The predicted octanol–water partition coefficient (Wildman–Crippen LogP) is 3.45. The van der Waals surface area contributed by atoms with Crippen LogP contribution >= 0.6 is 0 Å². The Balaban J connectivity index is 2.58. The second-order valence-corrected chi connectivity index (χ2v) is 4.89. The minimum Gasteiger partial charge on any atom is -0.459 e. The van der Waals surface area contributed by atoms with Crippen molar-refractivity contribution in [2.24, 2.45) is 0 Å². The minimum atomic E-state index is -6.12. The average Bonchev–Trinajstić information content (AvgIpc) is 2.44. The zero-order valence-corrected chi connectivity index (χ0v) is 11.7. The Labute approximate surface area is 127 Å². The molecule has 0 aromatic rings. The molecule has 0 saturated heterocycles. The Bertz CT molecular complexity index is 456. The molecule has 0 bridgehead atoms. The van der Waals surface area contributed by atoms with Crippen LogP contribution in [0.2, 0.25) is 0 Å². The summed E-state index contributed by atoms with van der Waals surface area (Å²) in [6.45, 7) is 0. The zero-order chi connectivity index (χ0) is 17.7. The number of hydrogen-bond acceptors (Lipinski definition) is 4. The van der Waals surface area contributed by atoms with E-state index in [1.807, 2.05) is 0 Å². The Morgan fingerprint density at radius 1 is 0.957 bits per heavy atom. The van der Waals surface area contributed by atoms with Crippen LogP contribution < -0.4 is 0 Å². The topological polar surface area (TPSA) is 52.6 Å². The van der Waals surface area contributed by atoms with Gasteiger partial charge in [-0.25, -0.2) is 18.4 Å². The smallest absolute Gasteiger partial charge is 0.459 e. The van der Waals surface area contributed by atoms with E-state index in [0.717, 1.165) is 19.3 Å². The summed E-state index contributed by atoms with van der Waals surface area (Å²) in [5, 5.41) is 0. The van der Waals surface area contributed by atoms with E-state index in [9.17, 15) is 35.9 Å². The fourth-order valence-electron chi connectivity index (χ4n) is 1.93. The van der Waals surface area contributed by atoms with Crippen LogP contribution in [0.3, 0.4) is 0 Å². The van der Waals surface area contributed by atoms with Crippen molar-refractivity contribution < 1.29 is 45.4 Å². The van der Waals surface area contributed by atoms with Gasteiger partial charge in [0.25, 0.3) is 0 Å². The standard InChI is InChI=1S/C13H14F6O4/c14-11(15)12(16,13(17,18)19)23-10(21)7-6-9(20)22-8-4-2-1-3-5-8/h6-8,11H,1-5H2. The van der Waals surface area contributed by atoms with Gasteiger partial charge in [-0.15, -0.1) is 0 Å². The van der Waals surface area contributed by atoms with Gasteiger partial charge >= 0.3 is 30.4 Å². The SMILES string of the molecule is O=C(C=CC(=O)OC(F)(C(F)F)C(F)(F)F)OC1CCCCC1. The first-order chi connectivity index (χ1) is 10.6. The van der Waals surface area contributed by atoms with Gasteiger partial charge in [-0.1, -0.05) is 6.42 Å². The highest BCUT2D eigenvalue weighted by Crippen LogP contribution is 2.40. The lowest BCUT2D eigenvalue weighted by atomic mass is 9.98. The molecule has 1 fully saturated rings. The molecule has 132 valence electrons. The highest BCUT2D eigenvalue weighted by molar-refractivity contribution is 5.91. The summed E-state index contributed by atoms with van der Waals surface area (Å²) in [4.78, 5) is 22.3. The van der Waals surface area contributed by atoms with Crippen LogP contribution in [-0.2, 0) is 19.1 Å². The number of rotatable bonds is 5. The predicted molar refractivity (Wildman–Crippen MR) is 64.1 cm³/mol. The Hall–Kier alpha value is -1.74. The highest BCUT2D eigenvalue weighted by Gasteiger charge is 2.66. The summed E-state index contributed by atoms with van der Waals surface area (Å²) in [5.74, 6) is -8.57. The Morgan fingerprint density at radius 2 is 1.48 bits per heavy atom. The number of carbonyl (C=O) groups is 2. The van der Waals surface area contributed by atoms with E-state index < -0.39 is 30.4 Å². The second-order valence-electron chi connectivity index (χ2n) is 4.89. The number of esters is 2. The molecule has 4 nitrogen and oxygen atoms in total. The fraction of sp³-hybridized carbons (Fsp3) is 0.692. The van der Waals surface area contributed by atoms with Crippen molar-refractivity contribution in [3.8, 4) is 0 Å². The summed E-state index contributed by atoms with van der Waals surface area (Å²) in [7, 11) is 0. The monoisotopic (exact) mass is 348 g/mol. The molecule has 0 amide bonds. The maximum Gasteiger partial charge on any atom is 0.466 e. The highest BCUT2D eigenvalue weighted by atomic mass is 19.4. The van der Waals surface area contributed by atoms with Gasteiger partial charge in [0.1, 0.15) is 6.10 Å². The van der Waals surface area contributed by atoms with Gasteiger partial charge in [-0.2, -0.15) is 17.6 Å². The molecule has 23 heavy (non-hydrogen) atoms. The third kappa shape index (κ3) is 5.43. The summed E-state index contributed by atoms with van der Waals surface area (Å²) in [6.07, 6.45) is -6.74. The third-order valence-electron chi connectivity index (χ3n) is 3.11. The molecule has 0 heterocycles. The Kier molecular flexibility index (Phi) is 6.46. The number of ether oxygens (including phenoxy) is 2. The van der Waals surface area contributed by atoms with E-state index in [1.54, 1.807) is 0 Å². The fourth-order valence-corrected chi connectivity index (χ4v) is 1.93. The van der Waals surface area contributed by atoms with E-state index in [1.165, 1.54) is 0 Å². The lowest BCUT2D eigenvalue weighted by Crippen LogP contribution is -2.50. The number of halogens is 6. The molecular formula is C13H14F6O4. The van der Waals surface area contributed by atoms with Gasteiger partial charge in [0, 0.05) is 12.2 Å². The molecule has 0 N–H and O–H groups in total. The first-order valence-corrected chi connectivity index (χ1v) is 6.71. The quantitative estimate of drug-likeness (QED) is 0.434. The van der Waals surface area contributed by atoms with Crippen molar-refractivity contribution in [2.75, 3.05) is 0 Å². The van der Waals surface area contributed by atoms with Gasteiger partial charge < -0.3 is 9.47 Å². The van der Waals surface area contributed by atoms with Crippen LogP contribution in [0.5, 0.6) is 0 Å². The molecule has 1 unspecified atom stereocenters. The molecule has 0 aromatic carbocycles. The summed E-state index contributed by atoms with van der Waals surface area (Å²) < 4.78 is 82.0. The molecule has 1 aliphatic carbocycles. The molecule has 1 rings (SSSR count). The maximum absolute atomic E-state index is 13.1. The van der Waals surface area contributed by atoms with E-state index in [-0.39, 0.29) is 12.2 Å². The van der Waals surface area contributed by atoms with E-state index >= 15 is 0 Å². The van der Waals surface area contributed by atoms with Crippen LogP contribution in [0.25, 0.3) is 0 Å². The van der Waals surface area contributed by atoms with E-state index in [0.29, 0.717) is 18.9 Å². The van der Waals surface area contributed by atoms with E-state index in [2.05, 4.69) is 4.74 Å². The third-order valence-corrected chi connectivity index (χ3v) is 3.11. The molecule has 0 spiro atoms. The van der Waals surface area contributed by atoms with Crippen LogP contribution in [0.1, 0.15) is 32.1 Å². The molecule has 10 heteroatoms. The van der Waals surface area contributed by atoms with Crippen molar-refractivity contribution in [1.29, 1.82) is 0 Å². The van der Waals surface area contributed by atoms with Crippen LogP contribution in [-0.4, -0.2) is 36.5 Å². The molecular weight excluding hydrogens is 334 g/mol. The molecule has 1 saturated carbocycles. The summed E-state index contributed by atoms with van der Waals surface area (Å²) >= 11 is 0. The van der Waals surface area contributed by atoms with Crippen molar-refractivity contribution in [3.05, 3.63) is 12.2 Å². The van der Waals surface area contributed by atoms with Gasteiger partial charge in [0.15, 0.2) is 0 Å². The Morgan fingerprint density at radius 3 is 1.96 bits per heavy atom. The first kappa shape index (κ1) is 19.3. The molecule has 0 radical (unpaired) electrons. The zero-order valence-electron chi connectivity index (χ0n) is 11.7. The van der Waals surface area contributed by atoms with Crippen LogP contribution in [0.15, 0.2) is 12.2 Å². The number of carbonyl (C=O) groups excluding carboxylic acids is 2. The molecule has 0 aromatic heterocycles. The van der Waals surface area contributed by atoms with Gasteiger partial charge in [0.2, 0.25) is 0 Å². The number of hydrogen-bond donors (Lipinski definition) is 0. The number of alkyl halides is 6. The van der Waals surface area contributed by atoms with Crippen molar-refractivity contribution in [1.82, 2.24) is 0 Å². The average molecular weight is 348 g/mol. The lowest BCUT2D eigenvalue weighted by molar-refractivity contribution is -0.354. The van der Waals surface area contributed by atoms with Gasteiger partial charge in [-0.3, -0.25) is 0 Å². The van der Waals surface area contributed by atoms with Crippen molar-refractivity contribution in [3.63, 3.8) is 0 Å². The normalized spacial score (nSPS) is 19.6.